The minimum Gasteiger partial charge on any atom is -0.354 e. The molecule has 1 aliphatic heterocycles. The maximum absolute atomic E-state index is 12.6. The summed E-state index contributed by atoms with van der Waals surface area (Å²) in [5, 5.41) is 2.94. The van der Waals surface area contributed by atoms with Gasteiger partial charge in [0.1, 0.15) is 0 Å². The Morgan fingerprint density at radius 2 is 1.93 bits per heavy atom. The second-order valence-corrected chi connectivity index (χ2v) is 8.30. The minimum atomic E-state index is -0.284. The number of hydrogen-bond acceptors (Lipinski definition) is 4. The van der Waals surface area contributed by atoms with Crippen LogP contribution >= 0.6 is 0 Å². The number of hydrogen-bond donors (Lipinski definition) is 1. The fourth-order valence-corrected chi connectivity index (χ4v) is 4.47. The van der Waals surface area contributed by atoms with Gasteiger partial charge in [-0.15, -0.1) is 0 Å². The van der Waals surface area contributed by atoms with Crippen molar-refractivity contribution < 1.29 is 9.59 Å². The average Bonchev–Trinajstić information content (AvgIpc) is 2.66. The summed E-state index contributed by atoms with van der Waals surface area (Å²) in [4.78, 5) is 42.7. The number of nitrogens with one attached hydrogen (secondary N) is 1. The number of piperidine rings is 1. The Morgan fingerprint density at radius 3 is 2.64 bits per heavy atom. The number of rotatable bonds is 6. The van der Waals surface area contributed by atoms with Crippen LogP contribution in [0.15, 0.2) is 10.9 Å². The van der Waals surface area contributed by atoms with Crippen LogP contribution in [0, 0.1) is 25.7 Å². The van der Waals surface area contributed by atoms with E-state index < -0.39 is 0 Å². The van der Waals surface area contributed by atoms with Crippen LogP contribution in [0.2, 0.25) is 0 Å². The quantitative estimate of drug-likeness (QED) is 0.805. The number of aryl methyl sites for hydroxylation is 2. The molecular formula is C21H32N4O3. The maximum Gasteiger partial charge on any atom is 0.348 e. The number of aromatic nitrogens is 2. The molecule has 2 amide bonds. The molecule has 0 aromatic carbocycles. The first kappa shape index (κ1) is 20.6. The number of likely N-dealkylation sites (tertiary alicyclic amines) is 1. The van der Waals surface area contributed by atoms with E-state index in [1.165, 1.54) is 32.1 Å². The Kier molecular flexibility index (Phi) is 6.86. The van der Waals surface area contributed by atoms with E-state index in [4.69, 9.17) is 0 Å². The molecule has 0 spiro atoms. The first-order chi connectivity index (χ1) is 13.4. The van der Waals surface area contributed by atoms with Crippen molar-refractivity contribution in [3.63, 3.8) is 0 Å². The third-order valence-corrected chi connectivity index (χ3v) is 6.06. The van der Waals surface area contributed by atoms with Crippen LogP contribution in [-0.2, 0) is 16.1 Å². The molecule has 1 N–H and O–H groups in total. The van der Waals surface area contributed by atoms with Gasteiger partial charge in [0.25, 0.3) is 0 Å². The van der Waals surface area contributed by atoms with Gasteiger partial charge in [0, 0.05) is 44.0 Å². The predicted molar refractivity (Wildman–Crippen MR) is 107 cm³/mol. The Bertz CT molecular complexity index is 767. The number of carbonyl (C=O) groups excluding carboxylic acids is 2. The van der Waals surface area contributed by atoms with Crippen molar-refractivity contribution in [1.82, 2.24) is 19.8 Å². The van der Waals surface area contributed by atoms with Crippen molar-refractivity contribution in [2.45, 2.75) is 65.3 Å². The van der Waals surface area contributed by atoms with E-state index in [9.17, 15) is 14.4 Å². The first-order valence-electron chi connectivity index (χ1n) is 10.5. The molecule has 1 saturated heterocycles. The van der Waals surface area contributed by atoms with Crippen LogP contribution in [0.3, 0.4) is 0 Å². The summed E-state index contributed by atoms with van der Waals surface area (Å²) in [6.45, 7) is 5.77. The minimum absolute atomic E-state index is 0.0214. The molecule has 1 saturated carbocycles. The van der Waals surface area contributed by atoms with Gasteiger partial charge < -0.3 is 10.2 Å². The summed E-state index contributed by atoms with van der Waals surface area (Å²) in [7, 11) is 0. The van der Waals surface area contributed by atoms with Gasteiger partial charge in [0.2, 0.25) is 11.8 Å². The summed E-state index contributed by atoms with van der Waals surface area (Å²) < 4.78 is 1.58. The van der Waals surface area contributed by atoms with Gasteiger partial charge in [-0.25, -0.2) is 4.79 Å². The molecule has 2 fully saturated rings. The lowest BCUT2D eigenvalue weighted by Gasteiger charge is -2.35. The lowest BCUT2D eigenvalue weighted by Crippen LogP contribution is -2.48. The van der Waals surface area contributed by atoms with Gasteiger partial charge in [-0.1, -0.05) is 19.3 Å². The SMILES string of the molecule is Cc1cc(C)n(CCNC(=O)C2CCC(=O)N(CC3CCCCC3)C2)c(=O)n1. The highest BCUT2D eigenvalue weighted by Crippen LogP contribution is 2.27. The largest absolute Gasteiger partial charge is 0.354 e. The van der Waals surface area contributed by atoms with Gasteiger partial charge in [0.05, 0.1) is 5.92 Å². The second kappa shape index (κ2) is 9.34. The lowest BCUT2D eigenvalue weighted by atomic mass is 9.87. The molecule has 1 atom stereocenters. The highest BCUT2D eigenvalue weighted by Gasteiger charge is 2.31. The molecule has 1 aromatic rings. The third-order valence-electron chi connectivity index (χ3n) is 6.06. The standard InChI is InChI=1S/C21H32N4O3/c1-15-12-16(2)25(21(28)23-15)11-10-22-20(27)18-8-9-19(26)24(14-18)13-17-6-4-3-5-7-17/h12,17-18H,3-11,13-14H2,1-2H3,(H,22,27). The number of amides is 2. The zero-order valence-electron chi connectivity index (χ0n) is 17.1. The van der Waals surface area contributed by atoms with E-state index in [1.807, 2.05) is 17.9 Å². The Labute approximate surface area is 166 Å². The molecule has 2 aliphatic rings. The van der Waals surface area contributed by atoms with Crippen LogP contribution < -0.4 is 11.0 Å². The Balaban J connectivity index is 1.50. The molecule has 1 aromatic heterocycles. The maximum atomic E-state index is 12.6. The molecule has 0 bridgehead atoms. The van der Waals surface area contributed by atoms with Crippen molar-refractivity contribution in [2.75, 3.05) is 19.6 Å². The van der Waals surface area contributed by atoms with E-state index in [1.54, 1.807) is 11.5 Å². The van der Waals surface area contributed by atoms with Crippen molar-refractivity contribution in [2.24, 2.45) is 11.8 Å². The predicted octanol–water partition coefficient (Wildman–Crippen LogP) is 1.80. The molecule has 1 aliphatic carbocycles. The summed E-state index contributed by atoms with van der Waals surface area (Å²) in [6.07, 6.45) is 7.25. The highest BCUT2D eigenvalue weighted by molar-refractivity contribution is 5.83. The molecule has 28 heavy (non-hydrogen) atoms. The molecule has 7 nitrogen and oxygen atoms in total. The van der Waals surface area contributed by atoms with Gasteiger partial charge >= 0.3 is 5.69 Å². The third kappa shape index (κ3) is 5.20. The van der Waals surface area contributed by atoms with Crippen molar-refractivity contribution in [1.29, 1.82) is 0 Å². The summed E-state index contributed by atoms with van der Waals surface area (Å²) in [6, 6.07) is 1.86. The Hall–Kier alpha value is -2.18. The van der Waals surface area contributed by atoms with Crippen molar-refractivity contribution >= 4 is 11.8 Å². The Morgan fingerprint density at radius 1 is 1.18 bits per heavy atom. The molecule has 1 unspecified atom stereocenters. The van der Waals surface area contributed by atoms with Crippen LogP contribution in [-0.4, -0.2) is 45.9 Å². The van der Waals surface area contributed by atoms with Crippen LogP contribution in [0.25, 0.3) is 0 Å². The molecule has 3 rings (SSSR count). The fraction of sp³-hybridized carbons (Fsp3) is 0.714. The highest BCUT2D eigenvalue weighted by atomic mass is 16.2. The van der Waals surface area contributed by atoms with Gasteiger partial charge in [0.15, 0.2) is 0 Å². The van der Waals surface area contributed by atoms with Crippen molar-refractivity contribution in [3.05, 3.63) is 27.9 Å². The fourth-order valence-electron chi connectivity index (χ4n) is 4.47. The second-order valence-electron chi connectivity index (χ2n) is 8.30. The molecule has 0 radical (unpaired) electrons. The number of nitrogens with zero attached hydrogens (tertiary/aromatic N) is 3. The first-order valence-corrected chi connectivity index (χ1v) is 10.5. The lowest BCUT2D eigenvalue weighted by molar-refractivity contribution is -0.139. The van der Waals surface area contributed by atoms with Crippen LogP contribution in [0.1, 0.15) is 56.3 Å². The van der Waals surface area contributed by atoms with E-state index in [0.29, 0.717) is 44.1 Å². The van der Waals surface area contributed by atoms with Crippen LogP contribution in [0.5, 0.6) is 0 Å². The normalized spacial score (nSPS) is 21.0. The molecule has 154 valence electrons. The molecule has 7 heteroatoms. The summed E-state index contributed by atoms with van der Waals surface area (Å²) >= 11 is 0. The van der Waals surface area contributed by atoms with Gasteiger partial charge in [-0.3, -0.25) is 14.2 Å². The molecule has 2 heterocycles. The summed E-state index contributed by atoms with van der Waals surface area (Å²) in [5.41, 5.74) is 1.26. The average molecular weight is 389 g/mol. The van der Waals surface area contributed by atoms with E-state index >= 15 is 0 Å². The molecular weight excluding hydrogens is 356 g/mol. The zero-order valence-corrected chi connectivity index (χ0v) is 17.1. The van der Waals surface area contributed by atoms with E-state index in [-0.39, 0.29) is 23.4 Å². The van der Waals surface area contributed by atoms with E-state index in [0.717, 1.165) is 12.2 Å². The topological polar surface area (TPSA) is 84.3 Å². The van der Waals surface area contributed by atoms with E-state index in [2.05, 4.69) is 10.3 Å². The van der Waals surface area contributed by atoms with Crippen molar-refractivity contribution in [3.8, 4) is 0 Å². The summed E-state index contributed by atoms with van der Waals surface area (Å²) in [5.74, 6) is 0.591. The smallest absolute Gasteiger partial charge is 0.348 e. The zero-order chi connectivity index (χ0) is 20.1. The van der Waals surface area contributed by atoms with Crippen LogP contribution in [0.4, 0.5) is 0 Å². The van der Waals surface area contributed by atoms with Gasteiger partial charge in [-0.05, 0) is 45.1 Å². The monoisotopic (exact) mass is 388 g/mol. The number of carbonyl (C=O) groups is 2. The van der Waals surface area contributed by atoms with Gasteiger partial charge in [-0.2, -0.15) is 4.98 Å².